The van der Waals surface area contributed by atoms with Crippen LogP contribution >= 0.6 is 22.4 Å². The molecule has 0 amide bonds. The van der Waals surface area contributed by atoms with Crippen molar-refractivity contribution in [3.8, 4) is 0 Å². The van der Waals surface area contributed by atoms with Crippen LogP contribution in [0.3, 0.4) is 0 Å². The third-order valence-electron chi connectivity index (χ3n) is 1.69. The second kappa shape index (κ2) is 3.74. The van der Waals surface area contributed by atoms with Crippen LogP contribution in [0.25, 0.3) is 0 Å². The van der Waals surface area contributed by atoms with Crippen molar-refractivity contribution in [2.75, 3.05) is 13.1 Å². The van der Waals surface area contributed by atoms with E-state index >= 15 is 0 Å². The average Bonchev–Trinajstić information content (AvgIpc) is 1.82. The number of hydrogen-bond acceptors (Lipinski definition) is 3. The number of rotatable bonds is 1. The summed E-state index contributed by atoms with van der Waals surface area (Å²) in [6, 6.07) is 0. The van der Waals surface area contributed by atoms with Gasteiger partial charge in [-0.3, -0.25) is 0 Å². The molecule has 1 heterocycles. The van der Waals surface area contributed by atoms with E-state index < -0.39 is 9.24 Å². The summed E-state index contributed by atoms with van der Waals surface area (Å²) in [5, 5.41) is 0.671. The predicted octanol–water partition coefficient (Wildman–Crippen LogP) is 1.30. The largest absolute Gasteiger partial charge is 0.299 e. The molecule has 6 heteroatoms. The van der Waals surface area contributed by atoms with E-state index in [0.29, 0.717) is 23.6 Å². The fourth-order valence-corrected chi connectivity index (χ4v) is 3.96. The summed E-state index contributed by atoms with van der Waals surface area (Å²) in [6.45, 7) is 5.08. The highest BCUT2D eigenvalue weighted by atomic mass is 35.7. The first-order chi connectivity index (χ1) is 5.39. The van der Waals surface area contributed by atoms with Crippen molar-refractivity contribution >= 4 is 31.7 Å². The third-order valence-corrected chi connectivity index (χ3v) is 4.42. The first-order valence-corrected chi connectivity index (χ1v) is 6.95. The average molecular weight is 230 g/mol. The molecule has 1 fully saturated rings. The van der Waals surface area contributed by atoms with Crippen molar-refractivity contribution in [1.29, 1.82) is 0 Å². The van der Waals surface area contributed by atoms with Gasteiger partial charge >= 0.3 is 0 Å². The number of nitrogens with zero attached hydrogens (tertiary/aromatic N) is 1. The summed E-state index contributed by atoms with van der Waals surface area (Å²) in [5.41, 5.74) is 0. The van der Waals surface area contributed by atoms with Gasteiger partial charge in [-0.25, -0.2) is 0 Å². The van der Waals surface area contributed by atoms with Crippen molar-refractivity contribution in [3.63, 3.8) is 0 Å². The molecule has 72 valence electrons. The van der Waals surface area contributed by atoms with Gasteiger partial charge in [-0.1, -0.05) is 13.8 Å². The number of thioether (sulfide) groups is 1. The van der Waals surface area contributed by atoms with Gasteiger partial charge in [0.15, 0.2) is 0 Å². The molecule has 1 rings (SSSR count). The van der Waals surface area contributed by atoms with Crippen LogP contribution in [0, 0.1) is 0 Å². The first-order valence-electron chi connectivity index (χ1n) is 3.75. The standard InChI is InChI=1S/C6H12ClNO2S2/c1-5-3-8(12(7,9)10)4-6(2)11-5/h5-6H,3-4H2,1-2H3. The normalized spacial score (nSPS) is 33.6. The summed E-state index contributed by atoms with van der Waals surface area (Å²) < 4.78 is 23.3. The molecule has 0 saturated carbocycles. The maximum atomic E-state index is 11.0. The Labute approximate surface area is 82.0 Å². The molecule has 0 aromatic rings. The molecule has 0 aliphatic carbocycles. The molecule has 0 radical (unpaired) electrons. The van der Waals surface area contributed by atoms with Crippen LogP contribution < -0.4 is 0 Å². The van der Waals surface area contributed by atoms with E-state index in [-0.39, 0.29) is 0 Å². The van der Waals surface area contributed by atoms with Gasteiger partial charge in [0.1, 0.15) is 0 Å². The third kappa shape index (κ3) is 2.80. The Morgan fingerprint density at radius 2 is 1.75 bits per heavy atom. The van der Waals surface area contributed by atoms with Gasteiger partial charge in [0.05, 0.1) is 0 Å². The quantitative estimate of drug-likeness (QED) is 0.636. The molecule has 3 nitrogen and oxygen atoms in total. The molecular weight excluding hydrogens is 218 g/mol. The van der Waals surface area contributed by atoms with E-state index in [4.69, 9.17) is 10.7 Å². The van der Waals surface area contributed by atoms with Crippen LogP contribution in [0.4, 0.5) is 0 Å². The molecule has 1 aliphatic heterocycles. The highest BCUT2D eigenvalue weighted by Crippen LogP contribution is 2.27. The van der Waals surface area contributed by atoms with E-state index in [2.05, 4.69) is 0 Å². The molecule has 0 N–H and O–H groups in total. The predicted molar refractivity (Wildman–Crippen MR) is 52.9 cm³/mol. The molecule has 0 aromatic carbocycles. The Kier molecular flexibility index (Phi) is 3.31. The summed E-state index contributed by atoms with van der Waals surface area (Å²) in [6.07, 6.45) is 0. The maximum absolute atomic E-state index is 11.0. The van der Waals surface area contributed by atoms with Gasteiger partial charge in [-0.05, 0) is 0 Å². The number of halogens is 1. The minimum atomic E-state index is -3.50. The van der Waals surface area contributed by atoms with Gasteiger partial charge in [0, 0.05) is 34.3 Å². The zero-order valence-electron chi connectivity index (χ0n) is 7.03. The topological polar surface area (TPSA) is 37.4 Å². The lowest BCUT2D eigenvalue weighted by Gasteiger charge is -2.31. The van der Waals surface area contributed by atoms with Crippen LogP contribution in [0.5, 0.6) is 0 Å². The second-order valence-electron chi connectivity index (χ2n) is 3.02. The van der Waals surface area contributed by atoms with Crippen molar-refractivity contribution in [1.82, 2.24) is 4.31 Å². The Morgan fingerprint density at radius 3 is 2.08 bits per heavy atom. The summed E-state index contributed by atoms with van der Waals surface area (Å²) >= 11 is 1.80. The minimum Gasteiger partial charge on any atom is -0.195 e. The van der Waals surface area contributed by atoms with Crippen LogP contribution in [0.15, 0.2) is 0 Å². The molecule has 1 saturated heterocycles. The Bertz CT molecular complexity index is 244. The van der Waals surface area contributed by atoms with Crippen LogP contribution in [-0.4, -0.2) is 36.3 Å². The molecule has 12 heavy (non-hydrogen) atoms. The molecule has 0 aromatic heterocycles. The smallest absolute Gasteiger partial charge is 0.195 e. The molecule has 2 atom stereocenters. The van der Waals surface area contributed by atoms with Gasteiger partial charge in [-0.2, -0.15) is 24.5 Å². The van der Waals surface area contributed by atoms with Crippen molar-refractivity contribution in [2.45, 2.75) is 24.3 Å². The van der Waals surface area contributed by atoms with Gasteiger partial charge < -0.3 is 0 Å². The van der Waals surface area contributed by atoms with E-state index in [1.165, 1.54) is 4.31 Å². The molecule has 2 unspecified atom stereocenters. The maximum Gasteiger partial charge on any atom is 0.299 e. The highest BCUT2D eigenvalue weighted by Gasteiger charge is 2.29. The van der Waals surface area contributed by atoms with E-state index in [0.717, 1.165) is 0 Å². The van der Waals surface area contributed by atoms with Gasteiger partial charge in [-0.15, -0.1) is 0 Å². The van der Waals surface area contributed by atoms with E-state index in [1.807, 2.05) is 13.8 Å². The molecule has 1 aliphatic rings. The molecule has 0 spiro atoms. The van der Waals surface area contributed by atoms with Crippen molar-refractivity contribution < 1.29 is 8.42 Å². The lowest BCUT2D eigenvalue weighted by molar-refractivity contribution is 0.414. The first kappa shape index (κ1) is 10.6. The van der Waals surface area contributed by atoms with Crippen LogP contribution in [-0.2, 0) is 9.24 Å². The lowest BCUT2D eigenvalue weighted by Crippen LogP contribution is -2.41. The van der Waals surface area contributed by atoms with Crippen molar-refractivity contribution in [2.24, 2.45) is 0 Å². The summed E-state index contributed by atoms with van der Waals surface area (Å²) in [7, 11) is 1.73. The SMILES string of the molecule is CC1CN(S(=O)(=O)Cl)CC(C)S1. The Hall–Kier alpha value is 0.550. The summed E-state index contributed by atoms with van der Waals surface area (Å²) in [4.78, 5) is 0. The fourth-order valence-electron chi connectivity index (χ4n) is 1.31. The van der Waals surface area contributed by atoms with E-state index in [1.54, 1.807) is 11.8 Å². The molecule has 0 bridgehead atoms. The Balaban J connectivity index is 2.68. The second-order valence-corrected chi connectivity index (χ2v) is 7.41. The van der Waals surface area contributed by atoms with Crippen molar-refractivity contribution in [3.05, 3.63) is 0 Å². The van der Waals surface area contributed by atoms with Gasteiger partial charge in [0.2, 0.25) is 0 Å². The summed E-state index contributed by atoms with van der Waals surface area (Å²) in [5.74, 6) is 0. The van der Waals surface area contributed by atoms with Crippen LogP contribution in [0.2, 0.25) is 0 Å². The van der Waals surface area contributed by atoms with E-state index in [9.17, 15) is 8.42 Å². The molecular formula is C6H12ClNO2S2. The van der Waals surface area contributed by atoms with Crippen LogP contribution in [0.1, 0.15) is 13.8 Å². The lowest BCUT2D eigenvalue weighted by atomic mass is 10.4. The Morgan fingerprint density at radius 1 is 1.33 bits per heavy atom. The highest BCUT2D eigenvalue weighted by molar-refractivity contribution is 8.12. The number of hydrogen-bond donors (Lipinski definition) is 0. The fraction of sp³-hybridized carbons (Fsp3) is 1.00. The zero-order valence-corrected chi connectivity index (χ0v) is 9.42. The zero-order chi connectivity index (χ0) is 9.35. The monoisotopic (exact) mass is 229 g/mol. The van der Waals surface area contributed by atoms with Gasteiger partial charge in [0.25, 0.3) is 9.24 Å². The minimum absolute atomic E-state index is 0.335.